The van der Waals surface area contributed by atoms with E-state index in [2.05, 4.69) is 11.6 Å². The van der Waals surface area contributed by atoms with Crippen LogP contribution in [0.1, 0.15) is 42.5 Å². The van der Waals surface area contributed by atoms with Gasteiger partial charge in [0.15, 0.2) is 4.80 Å². The first-order chi connectivity index (χ1) is 16.2. The molecule has 0 radical (unpaired) electrons. The Morgan fingerprint density at radius 3 is 2.50 bits per heavy atom. The van der Waals surface area contributed by atoms with E-state index >= 15 is 0 Å². The van der Waals surface area contributed by atoms with Gasteiger partial charge in [-0.2, -0.15) is 9.30 Å². The zero-order chi connectivity index (χ0) is 24.5. The summed E-state index contributed by atoms with van der Waals surface area (Å²) >= 11 is 13.9. The second-order valence-electron chi connectivity index (χ2n) is 8.25. The van der Waals surface area contributed by atoms with Gasteiger partial charge in [0, 0.05) is 25.2 Å². The summed E-state index contributed by atoms with van der Waals surface area (Å²) in [6.45, 7) is 4.17. The van der Waals surface area contributed by atoms with Crippen molar-refractivity contribution < 1.29 is 13.2 Å². The zero-order valence-electron chi connectivity index (χ0n) is 18.7. The van der Waals surface area contributed by atoms with Crippen molar-refractivity contribution in [1.29, 1.82) is 0 Å². The maximum atomic E-state index is 13.1. The smallest absolute Gasteiger partial charge is 0.279 e. The lowest BCUT2D eigenvalue weighted by molar-refractivity contribution is 0.0997. The number of thiazole rings is 1. The lowest BCUT2D eigenvalue weighted by Gasteiger charge is -2.30. The van der Waals surface area contributed by atoms with Crippen molar-refractivity contribution >= 4 is 60.7 Å². The Bertz CT molecular complexity index is 1400. The van der Waals surface area contributed by atoms with E-state index in [-0.39, 0.29) is 10.9 Å². The van der Waals surface area contributed by atoms with E-state index in [0.717, 1.165) is 36.8 Å². The summed E-state index contributed by atoms with van der Waals surface area (Å²) < 4.78 is 30.2. The molecule has 0 spiro atoms. The summed E-state index contributed by atoms with van der Waals surface area (Å²) in [6, 6.07) is 9.50. The molecule has 1 aliphatic carbocycles. The molecular weight excluding hydrogens is 513 g/mol. The minimum atomic E-state index is -3.63. The fourth-order valence-electron chi connectivity index (χ4n) is 4.21. The summed E-state index contributed by atoms with van der Waals surface area (Å²) in [7, 11) is -1.99. The van der Waals surface area contributed by atoms with Gasteiger partial charge in [-0.15, -0.1) is 6.58 Å². The minimum absolute atomic E-state index is 0.0173. The number of amides is 1. The fraction of sp³-hybridized carbons (Fsp3) is 0.333. The van der Waals surface area contributed by atoms with E-state index in [9.17, 15) is 13.2 Å². The molecular formula is C24H25Cl2N3O3S2. The first-order valence-corrected chi connectivity index (χ1v) is 14.0. The molecule has 0 saturated heterocycles. The quantitative estimate of drug-likeness (QED) is 0.368. The van der Waals surface area contributed by atoms with Crippen molar-refractivity contribution in [2.75, 3.05) is 7.05 Å². The molecule has 3 aromatic rings. The molecule has 6 nitrogen and oxygen atoms in total. The lowest BCUT2D eigenvalue weighted by Crippen LogP contribution is -2.38. The topological polar surface area (TPSA) is 71.7 Å². The molecule has 2 aromatic carbocycles. The van der Waals surface area contributed by atoms with Crippen molar-refractivity contribution in [1.82, 2.24) is 8.87 Å². The molecule has 0 atom stereocenters. The highest BCUT2D eigenvalue weighted by molar-refractivity contribution is 7.89. The largest absolute Gasteiger partial charge is 0.311 e. The molecule has 1 aromatic heterocycles. The van der Waals surface area contributed by atoms with Crippen molar-refractivity contribution in [2.45, 2.75) is 49.6 Å². The monoisotopic (exact) mass is 537 g/mol. The number of hydrogen-bond acceptors (Lipinski definition) is 4. The number of nitrogens with zero attached hydrogens (tertiary/aromatic N) is 3. The van der Waals surface area contributed by atoms with E-state index < -0.39 is 15.9 Å². The van der Waals surface area contributed by atoms with Gasteiger partial charge in [0.25, 0.3) is 5.91 Å². The van der Waals surface area contributed by atoms with Crippen LogP contribution in [0.5, 0.6) is 0 Å². The van der Waals surface area contributed by atoms with E-state index in [4.69, 9.17) is 23.2 Å². The molecule has 0 N–H and O–H groups in total. The Hall–Kier alpha value is -1.97. The number of allylic oxidation sites excluding steroid dienone is 1. The van der Waals surface area contributed by atoms with Gasteiger partial charge in [0.05, 0.1) is 25.2 Å². The van der Waals surface area contributed by atoms with Crippen molar-refractivity contribution in [3.63, 3.8) is 0 Å². The van der Waals surface area contributed by atoms with Crippen LogP contribution in [0.3, 0.4) is 0 Å². The number of rotatable bonds is 6. The molecule has 4 rings (SSSR count). The predicted molar refractivity (Wildman–Crippen MR) is 138 cm³/mol. The fourth-order valence-corrected chi connectivity index (χ4v) is 7.15. The minimum Gasteiger partial charge on any atom is -0.311 e. The highest BCUT2D eigenvalue weighted by Crippen LogP contribution is 2.32. The maximum absolute atomic E-state index is 13.1. The Morgan fingerprint density at radius 1 is 1.18 bits per heavy atom. The van der Waals surface area contributed by atoms with E-state index in [1.807, 2.05) is 6.07 Å². The van der Waals surface area contributed by atoms with E-state index in [1.54, 1.807) is 23.8 Å². The van der Waals surface area contributed by atoms with Crippen molar-refractivity contribution in [2.24, 2.45) is 4.99 Å². The average Bonchev–Trinajstić information content (AvgIpc) is 3.19. The van der Waals surface area contributed by atoms with Gasteiger partial charge in [-0.3, -0.25) is 4.79 Å². The van der Waals surface area contributed by atoms with Crippen LogP contribution in [0.2, 0.25) is 10.0 Å². The average molecular weight is 539 g/mol. The van der Waals surface area contributed by atoms with Gasteiger partial charge in [0.1, 0.15) is 0 Å². The molecule has 1 aliphatic rings. The van der Waals surface area contributed by atoms with Gasteiger partial charge in [-0.05, 0) is 49.2 Å². The summed E-state index contributed by atoms with van der Waals surface area (Å²) in [4.78, 5) is 17.8. The normalized spacial score (nSPS) is 15.8. The standard InChI is InChI=1S/C24H25Cl2N3O3S2/c1-3-15-29-22-20(14-13-19(25)21(22)26)33-24(29)27-23(30)16-9-11-18(12-10-16)34(31,32)28(2)17-7-5-4-6-8-17/h3,9-14,17H,1,4-8,15H2,2H3. The van der Waals surface area contributed by atoms with Crippen LogP contribution in [-0.2, 0) is 16.6 Å². The Labute approximate surface area is 213 Å². The van der Waals surface area contributed by atoms with Gasteiger partial charge in [-0.1, -0.05) is 59.9 Å². The molecule has 0 unspecified atom stereocenters. The van der Waals surface area contributed by atoms with Crippen molar-refractivity contribution in [3.05, 3.63) is 69.5 Å². The number of carbonyl (C=O) groups is 1. The number of benzene rings is 2. The number of carbonyl (C=O) groups excluding carboxylic acids is 1. The van der Waals surface area contributed by atoms with Gasteiger partial charge < -0.3 is 4.57 Å². The third-order valence-electron chi connectivity index (χ3n) is 6.11. The van der Waals surface area contributed by atoms with Crippen molar-refractivity contribution in [3.8, 4) is 0 Å². The highest BCUT2D eigenvalue weighted by atomic mass is 35.5. The van der Waals surface area contributed by atoms with Crippen LogP contribution in [0, 0.1) is 0 Å². The predicted octanol–water partition coefficient (Wildman–Crippen LogP) is 5.89. The van der Waals surface area contributed by atoms with E-state index in [0.29, 0.717) is 32.5 Å². The Balaban J connectivity index is 1.65. The van der Waals surface area contributed by atoms with Crippen LogP contribution in [-0.4, -0.2) is 36.3 Å². The summed E-state index contributed by atoms with van der Waals surface area (Å²) in [5.41, 5.74) is 0.990. The number of halogens is 2. The molecule has 10 heteroatoms. The first kappa shape index (κ1) is 25.1. The van der Waals surface area contributed by atoms with Crippen LogP contribution >= 0.6 is 34.5 Å². The highest BCUT2D eigenvalue weighted by Gasteiger charge is 2.29. The number of aromatic nitrogens is 1. The summed E-state index contributed by atoms with van der Waals surface area (Å²) in [6.07, 6.45) is 6.67. The number of fused-ring (bicyclic) bond motifs is 1. The lowest BCUT2D eigenvalue weighted by atomic mass is 9.96. The van der Waals surface area contributed by atoms with Gasteiger partial charge in [0.2, 0.25) is 10.0 Å². The molecule has 1 fully saturated rings. The van der Waals surface area contributed by atoms with Crippen LogP contribution in [0.4, 0.5) is 0 Å². The summed E-state index contributed by atoms with van der Waals surface area (Å²) in [5, 5.41) is 0.806. The molecule has 1 heterocycles. The Kier molecular flexibility index (Phi) is 7.64. The van der Waals surface area contributed by atoms with E-state index in [1.165, 1.54) is 39.9 Å². The molecule has 1 saturated carbocycles. The second-order valence-corrected chi connectivity index (χ2v) is 12.0. The number of sulfonamides is 1. The SMILES string of the molecule is C=CCn1c(=NC(=O)c2ccc(S(=O)(=O)N(C)C3CCCCC3)cc2)sc2ccc(Cl)c(Cl)c21. The molecule has 1 amide bonds. The third-order valence-corrected chi connectivity index (χ3v) is 9.87. The van der Waals surface area contributed by atoms with Crippen LogP contribution in [0.25, 0.3) is 10.2 Å². The van der Waals surface area contributed by atoms with Gasteiger partial charge >= 0.3 is 0 Å². The molecule has 34 heavy (non-hydrogen) atoms. The van der Waals surface area contributed by atoms with Crippen LogP contribution < -0.4 is 4.80 Å². The Morgan fingerprint density at radius 2 is 1.85 bits per heavy atom. The molecule has 0 aliphatic heterocycles. The zero-order valence-corrected chi connectivity index (χ0v) is 21.9. The molecule has 180 valence electrons. The van der Waals surface area contributed by atoms with Crippen LogP contribution in [0.15, 0.2) is 58.9 Å². The summed E-state index contributed by atoms with van der Waals surface area (Å²) in [5.74, 6) is -0.476. The second kappa shape index (κ2) is 10.3. The molecule has 0 bridgehead atoms. The maximum Gasteiger partial charge on any atom is 0.279 e. The number of hydrogen-bond donors (Lipinski definition) is 0. The first-order valence-electron chi connectivity index (χ1n) is 11.0. The van der Waals surface area contributed by atoms with Gasteiger partial charge in [-0.25, -0.2) is 8.42 Å². The third kappa shape index (κ3) is 4.88.